The van der Waals surface area contributed by atoms with Crippen molar-refractivity contribution in [2.75, 3.05) is 19.8 Å². The van der Waals surface area contributed by atoms with Gasteiger partial charge in [0, 0.05) is 43.1 Å². The first kappa shape index (κ1) is 15.2. The Morgan fingerprint density at radius 3 is 3.05 bits per heavy atom. The highest BCUT2D eigenvalue weighted by Gasteiger charge is 2.32. The lowest BCUT2D eigenvalue weighted by molar-refractivity contribution is 0.0642. The SMILES string of the molecule is CCOCC1CN(C(=O)c2cscn2)Cc2cnn(CC)c21. The van der Waals surface area contributed by atoms with Crippen LogP contribution in [0, 0.1) is 0 Å². The molecule has 0 fully saturated rings. The van der Waals surface area contributed by atoms with E-state index < -0.39 is 0 Å². The average molecular weight is 320 g/mol. The Labute approximate surface area is 133 Å². The molecule has 0 saturated heterocycles. The molecule has 2 aromatic heterocycles. The fraction of sp³-hybridized carbons (Fsp3) is 0.533. The standard InChI is InChI=1S/C15H20N4O2S/c1-3-19-14-11(5-17-19)6-18(7-12(14)8-21-4-2)15(20)13-9-22-10-16-13/h5,9-10,12H,3-4,6-8H2,1-2H3. The van der Waals surface area contributed by atoms with Crippen LogP contribution in [0.5, 0.6) is 0 Å². The summed E-state index contributed by atoms with van der Waals surface area (Å²) >= 11 is 1.44. The van der Waals surface area contributed by atoms with E-state index in [-0.39, 0.29) is 11.8 Å². The predicted molar refractivity (Wildman–Crippen MR) is 84.0 cm³/mol. The third-order valence-electron chi connectivity index (χ3n) is 3.91. The van der Waals surface area contributed by atoms with Crippen molar-refractivity contribution in [2.24, 2.45) is 0 Å². The van der Waals surface area contributed by atoms with Gasteiger partial charge in [0.05, 0.1) is 24.0 Å². The lowest BCUT2D eigenvalue weighted by Gasteiger charge is -2.33. The summed E-state index contributed by atoms with van der Waals surface area (Å²) in [5.74, 6) is 0.145. The molecule has 0 spiro atoms. The topological polar surface area (TPSA) is 60.2 Å². The molecule has 1 atom stereocenters. The number of aryl methyl sites for hydroxylation is 1. The van der Waals surface area contributed by atoms with Gasteiger partial charge >= 0.3 is 0 Å². The van der Waals surface area contributed by atoms with Gasteiger partial charge in [0.1, 0.15) is 5.69 Å². The highest BCUT2D eigenvalue weighted by molar-refractivity contribution is 7.07. The van der Waals surface area contributed by atoms with Crippen LogP contribution in [0.1, 0.15) is 41.5 Å². The summed E-state index contributed by atoms with van der Waals surface area (Å²) in [7, 11) is 0. The Balaban J connectivity index is 1.86. The van der Waals surface area contributed by atoms with Crippen molar-refractivity contribution >= 4 is 17.2 Å². The maximum atomic E-state index is 12.6. The fourth-order valence-corrected chi connectivity index (χ4v) is 3.46. The zero-order valence-electron chi connectivity index (χ0n) is 12.9. The molecule has 3 heterocycles. The third kappa shape index (κ3) is 2.78. The average Bonchev–Trinajstić information content (AvgIpc) is 3.20. The van der Waals surface area contributed by atoms with Crippen molar-refractivity contribution in [3.63, 3.8) is 0 Å². The Hall–Kier alpha value is -1.73. The second-order valence-electron chi connectivity index (χ2n) is 5.29. The third-order valence-corrected chi connectivity index (χ3v) is 4.50. The van der Waals surface area contributed by atoms with Crippen LogP contribution in [0.25, 0.3) is 0 Å². The van der Waals surface area contributed by atoms with E-state index in [4.69, 9.17) is 4.74 Å². The normalized spacial score (nSPS) is 17.5. The maximum Gasteiger partial charge on any atom is 0.273 e. The molecule has 118 valence electrons. The molecular formula is C15H20N4O2S. The molecule has 3 rings (SSSR count). The van der Waals surface area contributed by atoms with Crippen molar-refractivity contribution in [1.82, 2.24) is 19.7 Å². The van der Waals surface area contributed by atoms with Gasteiger partial charge in [-0.1, -0.05) is 0 Å². The zero-order valence-corrected chi connectivity index (χ0v) is 13.7. The summed E-state index contributed by atoms with van der Waals surface area (Å²) in [4.78, 5) is 18.5. The van der Waals surface area contributed by atoms with E-state index in [1.807, 2.05) is 22.7 Å². The number of carbonyl (C=O) groups excluding carboxylic acids is 1. The van der Waals surface area contributed by atoms with Crippen LogP contribution >= 0.6 is 11.3 Å². The van der Waals surface area contributed by atoms with Gasteiger partial charge in [-0.2, -0.15) is 5.10 Å². The number of hydrogen-bond acceptors (Lipinski definition) is 5. The summed E-state index contributed by atoms with van der Waals surface area (Å²) in [6.45, 7) is 7.42. The minimum absolute atomic E-state index is 0.0161. The highest BCUT2D eigenvalue weighted by atomic mass is 32.1. The number of thiazole rings is 1. The molecule has 0 bridgehead atoms. The van der Waals surface area contributed by atoms with Gasteiger partial charge in [-0.15, -0.1) is 11.3 Å². The van der Waals surface area contributed by atoms with Crippen molar-refractivity contribution in [3.8, 4) is 0 Å². The molecule has 6 nitrogen and oxygen atoms in total. The molecule has 1 unspecified atom stereocenters. The second-order valence-corrected chi connectivity index (χ2v) is 6.01. The Morgan fingerprint density at radius 1 is 1.50 bits per heavy atom. The molecule has 0 radical (unpaired) electrons. The number of carbonyl (C=O) groups is 1. The Kier molecular flexibility index (Phi) is 4.54. The van der Waals surface area contributed by atoms with Crippen LogP contribution in [0.4, 0.5) is 0 Å². The van der Waals surface area contributed by atoms with E-state index in [0.717, 1.165) is 12.1 Å². The summed E-state index contributed by atoms with van der Waals surface area (Å²) in [6, 6.07) is 0. The number of nitrogens with zero attached hydrogens (tertiary/aromatic N) is 4. The van der Waals surface area contributed by atoms with Crippen molar-refractivity contribution in [2.45, 2.75) is 32.9 Å². The van der Waals surface area contributed by atoms with Crippen LogP contribution in [0.15, 0.2) is 17.1 Å². The van der Waals surface area contributed by atoms with E-state index in [9.17, 15) is 4.79 Å². The molecule has 0 N–H and O–H groups in total. The Bertz CT molecular complexity index is 638. The maximum absolute atomic E-state index is 12.6. The first-order valence-corrected chi connectivity index (χ1v) is 8.48. The number of aromatic nitrogens is 3. The number of amides is 1. The van der Waals surface area contributed by atoms with Gasteiger partial charge in [-0.05, 0) is 13.8 Å². The molecule has 1 aliphatic heterocycles. The van der Waals surface area contributed by atoms with E-state index in [0.29, 0.717) is 32.0 Å². The van der Waals surface area contributed by atoms with Gasteiger partial charge in [0.2, 0.25) is 0 Å². The Morgan fingerprint density at radius 2 is 2.36 bits per heavy atom. The zero-order chi connectivity index (χ0) is 15.5. The van der Waals surface area contributed by atoms with Gasteiger partial charge in [-0.3, -0.25) is 9.48 Å². The van der Waals surface area contributed by atoms with Crippen molar-refractivity contribution in [1.29, 1.82) is 0 Å². The lowest BCUT2D eigenvalue weighted by atomic mass is 9.96. The molecule has 0 saturated carbocycles. The number of ether oxygens (including phenoxy) is 1. The summed E-state index contributed by atoms with van der Waals surface area (Å²) in [5.41, 5.74) is 4.53. The molecule has 1 aliphatic rings. The predicted octanol–water partition coefficient (Wildman–Crippen LogP) is 2.14. The van der Waals surface area contributed by atoms with Gasteiger partial charge in [-0.25, -0.2) is 4.98 Å². The van der Waals surface area contributed by atoms with Gasteiger partial charge in [0.25, 0.3) is 5.91 Å². The van der Waals surface area contributed by atoms with E-state index in [1.165, 1.54) is 17.0 Å². The minimum atomic E-state index is -0.0161. The second kappa shape index (κ2) is 6.58. The summed E-state index contributed by atoms with van der Waals surface area (Å²) in [5, 5.41) is 6.24. The van der Waals surface area contributed by atoms with E-state index >= 15 is 0 Å². The molecule has 7 heteroatoms. The van der Waals surface area contributed by atoms with Crippen molar-refractivity contribution < 1.29 is 9.53 Å². The number of fused-ring (bicyclic) bond motifs is 1. The molecule has 0 aromatic carbocycles. The van der Waals surface area contributed by atoms with Crippen LogP contribution in [-0.2, 0) is 17.8 Å². The van der Waals surface area contributed by atoms with Gasteiger partial charge in [0.15, 0.2) is 0 Å². The molecule has 22 heavy (non-hydrogen) atoms. The van der Waals surface area contributed by atoms with Crippen LogP contribution in [0.2, 0.25) is 0 Å². The number of rotatable bonds is 5. The minimum Gasteiger partial charge on any atom is -0.381 e. The first-order chi connectivity index (χ1) is 10.7. The van der Waals surface area contributed by atoms with Crippen LogP contribution < -0.4 is 0 Å². The smallest absolute Gasteiger partial charge is 0.273 e. The lowest BCUT2D eigenvalue weighted by Crippen LogP contribution is -2.40. The van der Waals surface area contributed by atoms with Gasteiger partial charge < -0.3 is 9.64 Å². The number of hydrogen-bond donors (Lipinski definition) is 0. The molecule has 1 amide bonds. The van der Waals surface area contributed by atoms with E-state index in [1.54, 1.807) is 10.9 Å². The molecule has 2 aromatic rings. The molecular weight excluding hydrogens is 300 g/mol. The summed E-state index contributed by atoms with van der Waals surface area (Å²) < 4.78 is 7.64. The quantitative estimate of drug-likeness (QED) is 0.847. The fourth-order valence-electron chi connectivity index (χ4n) is 2.93. The van der Waals surface area contributed by atoms with Crippen molar-refractivity contribution in [3.05, 3.63) is 34.0 Å². The molecule has 0 aliphatic carbocycles. The summed E-state index contributed by atoms with van der Waals surface area (Å²) in [6.07, 6.45) is 1.87. The monoisotopic (exact) mass is 320 g/mol. The van der Waals surface area contributed by atoms with Crippen LogP contribution in [-0.4, -0.2) is 45.3 Å². The first-order valence-electron chi connectivity index (χ1n) is 7.54. The highest BCUT2D eigenvalue weighted by Crippen LogP contribution is 2.29. The van der Waals surface area contributed by atoms with E-state index in [2.05, 4.69) is 17.0 Å². The largest absolute Gasteiger partial charge is 0.381 e. The van der Waals surface area contributed by atoms with Crippen LogP contribution in [0.3, 0.4) is 0 Å².